The van der Waals surface area contributed by atoms with E-state index in [1.807, 2.05) is 6.07 Å². The zero-order valence-electron chi connectivity index (χ0n) is 17.0. The molecule has 0 aliphatic heterocycles. The molecule has 0 N–H and O–H groups in total. The predicted molar refractivity (Wildman–Crippen MR) is 134 cm³/mol. The second-order valence-electron chi connectivity index (χ2n) is 6.62. The summed E-state index contributed by atoms with van der Waals surface area (Å²) in [5, 5.41) is 3.97. The first-order valence-electron chi connectivity index (χ1n) is 9.53. The number of rotatable bonds is 6. The third-order valence-electron chi connectivity index (χ3n) is 4.84. The number of methoxy groups -OCH3 is 2. The maximum atomic E-state index is 5.51. The first kappa shape index (κ1) is 22.1. The minimum absolute atomic E-state index is 0. The van der Waals surface area contributed by atoms with Gasteiger partial charge in [0.2, 0.25) is 0 Å². The Morgan fingerprint density at radius 2 is 1.03 bits per heavy atom. The van der Waals surface area contributed by atoms with Crippen molar-refractivity contribution in [3.8, 4) is 22.6 Å². The van der Waals surface area contributed by atoms with Gasteiger partial charge in [0, 0.05) is 6.07 Å². The van der Waals surface area contributed by atoms with E-state index in [1.165, 1.54) is 21.5 Å². The SMILES string of the molecule is Br.COc1cc(OC)cc(-c2ccccc2P(c2ccccc2)c2ccccc2)c1. The zero-order chi connectivity index (χ0) is 20.1. The van der Waals surface area contributed by atoms with Crippen LogP contribution in [0.15, 0.2) is 103 Å². The van der Waals surface area contributed by atoms with Crippen molar-refractivity contribution in [3.05, 3.63) is 103 Å². The quantitative estimate of drug-likeness (QED) is 0.330. The van der Waals surface area contributed by atoms with E-state index >= 15 is 0 Å². The average Bonchev–Trinajstić information content (AvgIpc) is 2.80. The van der Waals surface area contributed by atoms with Gasteiger partial charge in [-0.05, 0) is 47.1 Å². The fraction of sp³-hybridized carbons (Fsp3) is 0.0769. The molecule has 0 aromatic heterocycles. The van der Waals surface area contributed by atoms with Crippen LogP contribution in [0, 0.1) is 0 Å². The standard InChI is InChI=1S/C26H23O2P.BrH/c1-27-21-17-20(18-22(19-21)28-2)25-15-9-10-16-26(25)29(23-11-5-3-6-12-23)24-13-7-4-8-14-24;/h3-19H,1-2H3;1H. The Labute approximate surface area is 190 Å². The summed E-state index contributed by atoms with van der Waals surface area (Å²) >= 11 is 0. The van der Waals surface area contributed by atoms with Crippen molar-refractivity contribution >= 4 is 40.8 Å². The largest absolute Gasteiger partial charge is 0.497 e. The molecule has 0 spiro atoms. The smallest absolute Gasteiger partial charge is 0.123 e. The van der Waals surface area contributed by atoms with Crippen LogP contribution in [0.25, 0.3) is 11.1 Å². The monoisotopic (exact) mass is 478 g/mol. The Morgan fingerprint density at radius 3 is 1.53 bits per heavy atom. The Morgan fingerprint density at radius 1 is 0.567 bits per heavy atom. The van der Waals surface area contributed by atoms with Crippen molar-refractivity contribution in [1.82, 2.24) is 0 Å². The molecule has 0 amide bonds. The average molecular weight is 479 g/mol. The lowest BCUT2D eigenvalue weighted by atomic mass is 10.0. The molecular formula is C26H24BrO2P. The molecule has 0 aliphatic carbocycles. The number of hydrogen-bond donors (Lipinski definition) is 0. The number of halogens is 1. The van der Waals surface area contributed by atoms with E-state index in [4.69, 9.17) is 9.47 Å². The van der Waals surface area contributed by atoms with Crippen LogP contribution in [0.1, 0.15) is 0 Å². The van der Waals surface area contributed by atoms with Gasteiger partial charge in [-0.25, -0.2) is 0 Å². The summed E-state index contributed by atoms with van der Waals surface area (Å²) in [6.07, 6.45) is 0. The number of benzene rings is 4. The molecule has 152 valence electrons. The van der Waals surface area contributed by atoms with E-state index in [2.05, 4.69) is 97.1 Å². The van der Waals surface area contributed by atoms with Crippen molar-refractivity contribution in [1.29, 1.82) is 0 Å². The Balaban J connectivity index is 0.00000256. The van der Waals surface area contributed by atoms with E-state index in [0.717, 1.165) is 17.1 Å². The first-order chi connectivity index (χ1) is 14.3. The summed E-state index contributed by atoms with van der Waals surface area (Å²) < 4.78 is 11.0. The summed E-state index contributed by atoms with van der Waals surface area (Å²) in [6, 6.07) is 36.2. The van der Waals surface area contributed by atoms with Gasteiger partial charge in [0.05, 0.1) is 14.2 Å². The van der Waals surface area contributed by atoms with Crippen LogP contribution in [0.3, 0.4) is 0 Å². The molecule has 30 heavy (non-hydrogen) atoms. The third kappa shape index (κ3) is 4.75. The number of ether oxygens (including phenoxy) is 2. The highest BCUT2D eigenvalue weighted by molar-refractivity contribution is 8.93. The molecule has 0 heterocycles. The third-order valence-corrected chi connectivity index (χ3v) is 7.34. The van der Waals surface area contributed by atoms with Gasteiger partial charge >= 0.3 is 0 Å². The summed E-state index contributed by atoms with van der Waals surface area (Å²) in [7, 11) is 2.67. The van der Waals surface area contributed by atoms with Gasteiger partial charge < -0.3 is 9.47 Å². The minimum atomic E-state index is -0.700. The first-order valence-corrected chi connectivity index (χ1v) is 10.9. The molecule has 4 rings (SSSR count). The molecule has 2 nitrogen and oxygen atoms in total. The van der Waals surface area contributed by atoms with Gasteiger partial charge in [0.1, 0.15) is 11.5 Å². The molecule has 4 heteroatoms. The maximum absolute atomic E-state index is 5.51. The van der Waals surface area contributed by atoms with Crippen LogP contribution < -0.4 is 25.4 Å². The second kappa shape index (κ2) is 10.4. The van der Waals surface area contributed by atoms with Gasteiger partial charge in [0.25, 0.3) is 0 Å². The van der Waals surface area contributed by atoms with Gasteiger partial charge in [-0.2, -0.15) is 0 Å². The second-order valence-corrected chi connectivity index (χ2v) is 8.81. The van der Waals surface area contributed by atoms with Gasteiger partial charge in [-0.15, -0.1) is 17.0 Å². The highest BCUT2D eigenvalue weighted by Gasteiger charge is 2.20. The number of hydrogen-bond acceptors (Lipinski definition) is 2. The van der Waals surface area contributed by atoms with Gasteiger partial charge in [0.15, 0.2) is 0 Å². The molecule has 0 radical (unpaired) electrons. The van der Waals surface area contributed by atoms with Crippen LogP contribution >= 0.6 is 24.9 Å². The van der Waals surface area contributed by atoms with E-state index in [-0.39, 0.29) is 17.0 Å². The van der Waals surface area contributed by atoms with Crippen LogP contribution in [-0.2, 0) is 0 Å². The predicted octanol–water partition coefficient (Wildman–Crippen LogP) is 5.71. The lowest BCUT2D eigenvalue weighted by Crippen LogP contribution is -2.22. The molecule has 4 aromatic rings. The summed E-state index contributed by atoms with van der Waals surface area (Å²) in [5.74, 6) is 1.58. The molecule has 0 unspecified atom stereocenters. The summed E-state index contributed by atoms with van der Waals surface area (Å²) in [4.78, 5) is 0. The van der Waals surface area contributed by atoms with Crippen LogP contribution in [0.4, 0.5) is 0 Å². The van der Waals surface area contributed by atoms with Crippen LogP contribution in [0.5, 0.6) is 11.5 Å². The lowest BCUT2D eigenvalue weighted by molar-refractivity contribution is 0.394. The normalized spacial score (nSPS) is 10.4. The van der Waals surface area contributed by atoms with Crippen molar-refractivity contribution in [2.75, 3.05) is 14.2 Å². The molecule has 0 saturated carbocycles. The summed E-state index contributed by atoms with van der Waals surface area (Å²) in [5.41, 5.74) is 2.29. The Hall–Kier alpha value is -2.61. The zero-order valence-corrected chi connectivity index (χ0v) is 19.6. The lowest BCUT2D eigenvalue weighted by Gasteiger charge is -2.22. The molecule has 0 aliphatic rings. The molecule has 0 atom stereocenters. The molecule has 0 bridgehead atoms. The molecule has 4 aromatic carbocycles. The van der Waals surface area contributed by atoms with Crippen molar-refractivity contribution < 1.29 is 9.47 Å². The van der Waals surface area contributed by atoms with E-state index in [1.54, 1.807) is 14.2 Å². The highest BCUT2D eigenvalue weighted by atomic mass is 79.9. The fourth-order valence-corrected chi connectivity index (χ4v) is 5.93. The van der Waals surface area contributed by atoms with Crippen molar-refractivity contribution in [2.24, 2.45) is 0 Å². The van der Waals surface area contributed by atoms with E-state index in [9.17, 15) is 0 Å². The maximum Gasteiger partial charge on any atom is 0.123 e. The molecular weight excluding hydrogens is 455 g/mol. The van der Waals surface area contributed by atoms with E-state index in [0.29, 0.717) is 0 Å². The Kier molecular flexibility index (Phi) is 7.68. The molecule has 0 fully saturated rings. The Bertz CT molecular complexity index is 1020. The van der Waals surface area contributed by atoms with Crippen molar-refractivity contribution in [3.63, 3.8) is 0 Å². The summed E-state index contributed by atoms with van der Waals surface area (Å²) in [6.45, 7) is 0. The highest BCUT2D eigenvalue weighted by Crippen LogP contribution is 2.38. The van der Waals surface area contributed by atoms with Crippen LogP contribution in [-0.4, -0.2) is 14.2 Å². The fourth-order valence-electron chi connectivity index (χ4n) is 3.46. The molecule has 0 saturated heterocycles. The van der Waals surface area contributed by atoms with Crippen molar-refractivity contribution in [2.45, 2.75) is 0 Å². The van der Waals surface area contributed by atoms with Gasteiger partial charge in [-0.1, -0.05) is 84.9 Å². The topological polar surface area (TPSA) is 18.5 Å². The van der Waals surface area contributed by atoms with E-state index < -0.39 is 7.92 Å². The minimum Gasteiger partial charge on any atom is -0.497 e. The van der Waals surface area contributed by atoms with Gasteiger partial charge in [-0.3, -0.25) is 0 Å². The van der Waals surface area contributed by atoms with Crippen LogP contribution in [0.2, 0.25) is 0 Å².